The average Bonchev–Trinajstić information content (AvgIpc) is 3.43. The lowest BCUT2D eigenvalue weighted by Gasteiger charge is -2.21. The molecule has 17 nitrogen and oxygen atoms in total. The molecule has 0 amide bonds. The van der Waals surface area contributed by atoms with Gasteiger partial charge in [-0.1, -0.05) is 247 Å². The van der Waals surface area contributed by atoms with Crippen molar-refractivity contribution in [2.75, 3.05) is 39.6 Å². The minimum absolute atomic E-state index is 0.102. The molecule has 0 heterocycles. The molecule has 0 aromatic carbocycles. The van der Waals surface area contributed by atoms with E-state index in [1.54, 1.807) is 0 Å². The highest BCUT2D eigenvalue weighted by atomic mass is 31.2. The van der Waals surface area contributed by atoms with Crippen molar-refractivity contribution in [3.05, 3.63) is 0 Å². The van der Waals surface area contributed by atoms with Crippen LogP contribution >= 0.6 is 15.6 Å². The molecule has 0 rings (SSSR count). The van der Waals surface area contributed by atoms with E-state index in [1.807, 2.05) is 0 Å². The maximum Gasteiger partial charge on any atom is 0.472 e. The number of carbonyl (C=O) groups excluding carboxylic acids is 4. The Balaban J connectivity index is 5.25. The number of rotatable bonds is 60. The van der Waals surface area contributed by atoms with Crippen LogP contribution in [-0.4, -0.2) is 96.7 Å². The molecule has 0 aliphatic carbocycles. The third-order valence-corrected chi connectivity index (χ3v) is 16.6. The van der Waals surface area contributed by atoms with Crippen LogP contribution in [0.15, 0.2) is 0 Å². The summed E-state index contributed by atoms with van der Waals surface area (Å²) in [5.74, 6) is -0.691. The summed E-state index contributed by atoms with van der Waals surface area (Å²) in [7, 11) is -9.88. The maximum absolute atomic E-state index is 12.9. The van der Waals surface area contributed by atoms with Crippen LogP contribution in [0.5, 0.6) is 0 Å². The summed E-state index contributed by atoms with van der Waals surface area (Å²) in [6, 6.07) is 0. The topological polar surface area (TPSA) is 237 Å². The second-order valence-electron chi connectivity index (χ2n) is 22.6. The van der Waals surface area contributed by atoms with Gasteiger partial charge >= 0.3 is 39.5 Å². The van der Waals surface area contributed by atoms with Gasteiger partial charge < -0.3 is 33.8 Å². The van der Waals surface area contributed by atoms with Crippen LogP contribution in [0.25, 0.3) is 0 Å². The summed E-state index contributed by atoms with van der Waals surface area (Å²) >= 11 is 0. The Hall–Kier alpha value is -1.94. The van der Waals surface area contributed by atoms with Gasteiger partial charge in [-0.3, -0.25) is 37.3 Å². The van der Waals surface area contributed by atoms with E-state index in [0.717, 1.165) is 108 Å². The molecule has 0 aromatic rings. The van der Waals surface area contributed by atoms with E-state index < -0.39 is 97.5 Å². The van der Waals surface area contributed by atoms with Crippen LogP contribution in [0.4, 0.5) is 0 Å². The Morgan fingerprint density at radius 3 is 0.887 bits per heavy atom. The van der Waals surface area contributed by atoms with Crippen molar-refractivity contribution in [1.29, 1.82) is 0 Å². The molecule has 0 aromatic heterocycles. The van der Waals surface area contributed by atoms with E-state index >= 15 is 0 Å². The van der Waals surface area contributed by atoms with Gasteiger partial charge in [-0.25, -0.2) is 9.13 Å². The third kappa shape index (κ3) is 52.8. The molecule has 0 aliphatic heterocycles. The molecule has 3 N–H and O–H groups in total. The first-order valence-corrected chi connectivity index (χ1v) is 35.1. The summed E-state index contributed by atoms with van der Waals surface area (Å²) < 4.78 is 67.8. The van der Waals surface area contributed by atoms with Crippen LogP contribution in [-0.2, 0) is 65.4 Å². The van der Waals surface area contributed by atoms with E-state index in [1.165, 1.54) is 109 Å². The Morgan fingerprint density at radius 2 is 0.600 bits per heavy atom. The predicted octanol–water partition coefficient (Wildman–Crippen LogP) is 16.5. The molecule has 0 saturated heterocycles. The molecule has 19 heteroatoms. The fourth-order valence-electron chi connectivity index (χ4n) is 8.94. The van der Waals surface area contributed by atoms with Gasteiger partial charge in [0, 0.05) is 25.7 Å². The molecule has 7 atom stereocenters. The summed E-state index contributed by atoms with van der Waals surface area (Å²) in [6.07, 6.45) is 34.8. The predicted molar refractivity (Wildman–Crippen MR) is 317 cm³/mol. The molecule has 0 bridgehead atoms. The fraction of sp³-hybridized carbons (Fsp3) is 0.934. The molecular formula is C61H118O17P2. The first-order chi connectivity index (χ1) is 38.4. The third-order valence-electron chi connectivity index (χ3n) is 14.7. The van der Waals surface area contributed by atoms with Crippen molar-refractivity contribution < 1.29 is 80.2 Å². The molecule has 4 unspecified atom stereocenters. The number of esters is 4. The smallest absolute Gasteiger partial charge is 0.462 e. The lowest BCUT2D eigenvalue weighted by molar-refractivity contribution is -0.161. The van der Waals surface area contributed by atoms with Gasteiger partial charge in [0.25, 0.3) is 0 Å². The molecule has 474 valence electrons. The van der Waals surface area contributed by atoms with Crippen molar-refractivity contribution in [2.24, 2.45) is 11.8 Å². The van der Waals surface area contributed by atoms with Crippen molar-refractivity contribution in [3.63, 3.8) is 0 Å². The molecular weight excluding hydrogens is 1070 g/mol. The second-order valence-corrected chi connectivity index (χ2v) is 25.5. The normalized spacial score (nSPS) is 15.1. The second kappa shape index (κ2) is 53.8. The van der Waals surface area contributed by atoms with Crippen LogP contribution in [0.1, 0.15) is 298 Å². The number of hydrogen-bond acceptors (Lipinski definition) is 15. The van der Waals surface area contributed by atoms with Crippen LogP contribution < -0.4 is 0 Å². The van der Waals surface area contributed by atoms with Gasteiger partial charge in [0.1, 0.15) is 19.3 Å². The average molecular weight is 1190 g/mol. The number of aliphatic hydroxyl groups excluding tert-OH is 1. The number of phosphoric acid groups is 2. The highest BCUT2D eigenvalue weighted by Gasteiger charge is 2.30. The van der Waals surface area contributed by atoms with E-state index in [-0.39, 0.29) is 25.7 Å². The summed E-state index contributed by atoms with van der Waals surface area (Å²) in [4.78, 5) is 72.0. The van der Waals surface area contributed by atoms with Crippen LogP contribution in [0, 0.1) is 11.8 Å². The molecule has 0 aliphatic rings. The Kier molecular flexibility index (Phi) is 52.5. The zero-order valence-corrected chi connectivity index (χ0v) is 53.2. The number of carbonyl (C=O) groups is 4. The monoisotopic (exact) mass is 1180 g/mol. The van der Waals surface area contributed by atoms with Gasteiger partial charge in [-0.05, 0) is 37.5 Å². The van der Waals surface area contributed by atoms with Gasteiger partial charge in [0.15, 0.2) is 12.2 Å². The quantitative estimate of drug-likeness (QED) is 0.0222. The van der Waals surface area contributed by atoms with E-state index in [9.17, 15) is 43.2 Å². The number of hydrogen-bond donors (Lipinski definition) is 3. The number of phosphoric ester groups is 2. The fourth-order valence-corrected chi connectivity index (χ4v) is 10.5. The van der Waals surface area contributed by atoms with E-state index in [4.69, 9.17) is 37.0 Å². The lowest BCUT2D eigenvalue weighted by Crippen LogP contribution is -2.30. The zero-order chi connectivity index (χ0) is 59.4. The Morgan fingerprint density at radius 1 is 0.350 bits per heavy atom. The molecule has 0 spiro atoms. The minimum atomic E-state index is -4.94. The molecule has 0 fully saturated rings. The van der Waals surface area contributed by atoms with Crippen LogP contribution in [0.2, 0.25) is 0 Å². The van der Waals surface area contributed by atoms with Gasteiger partial charge in [0.2, 0.25) is 0 Å². The highest BCUT2D eigenvalue weighted by molar-refractivity contribution is 7.47. The zero-order valence-electron chi connectivity index (χ0n) is 51.4. The van der Waals surface area contributed by atoms with Crippen molar-refractivity contribution in [3.8, 4) is 0 Å². The first-order valence-electron chi connectivity index (χ1n) is 32.1. The largest absolute Gasteiger partial charge is 0.472 e. The SMILES string of the molecule is CCCCCCCCCCCCC(=O)OC[C@H](COP(=O)(O)OC[C@H](O)COP(=O)(O)OC[C@@H](COC(=O)CCCCCCCCC(C)CC)OC(=O)CCCCCCCCC(C)CC)OC(=O)CCCCCCCCCCCC. The Bertz CT molecular complexity index is 1590. The highest BCUT2D eigenvalue weighted by Crippen LogP contribution is 2.45. The number of unbranched alkanes of at least 4 members (excludes halogenated alkanes) is 28. The summed E-state index contributed by atoms with van der Waals surface area (Å²) in [5.41, 5.74) is 0. The van der Waals surface area contributed by atoms with Gasteiger partial charge in [-0.2, -0.15) is 0 Å². The van der Waals surface area contributed by atoms with Crippen molar-refractivity contribution in [1.82, 2.24) is 0 Å². The van der Waals surface area contributed by atoms with Crippen LogP contribution in [0.3, 0.4) is 0 Å². The minimum Gasteiger partial charge on any atom is -0.462 e. The van der Waals surface area contributed by atoms with Gasteiger partial charge in [-0.15, -0.1) is 0 Å². The summed E-state index contributed by atoms with van der Waals surface area (Å²) in [6.45, 7) is 9.36. The van der Waals surface area contributed by atoms with E-state index in [2.05, 4.69) is 41.5 Å². The van der Waals surface area contributed by atoms with Gasteiger partial charge in [0.05, 0.1) is 26.4 Å². The number of ether oxygens (including phenoxy) is 4. The van der Waals surface area contributed by atoms with Crippen molar-refractivity contribution in [2.45, 2.75) is 317 Å². The Labute approximate surface area is 486 Å². The lowest BCUT2D eigenvalue weighted by atomic mass is 10.00. The molecule has 0 saturated carbocycles. The number of aliphatic hydroxyl groups is 1. The van der Waals surface area contributed by atoms with E-state index in [0.29, 0.717) is 25.7 Å². The molecule has 80 heavy (non-hydrogen) atoms. The standard InChI is InChI=1S/C61H118O17P2/c1-7-11-13-15-17-19-21-23-31-37-43-58(63)71-49-56(77-60(65)45-39-33-24-22-20-18-16-14-12-8-2)51-75-79(67,68)73-47-55(62)48-74-80(69,70)76-52-57(78-61(66)46-40-34-28-26-30-36-42-54(6)10-4)50-72-59(64)44-38-32-27-25-29-35-41-53(5)9-3/h53-57,62H,7-52H2,1-6H3,(H,67,68)(H,69,70)/t53?,54?,55-,56+,57+/m0/s1. The first kappa shape index (κ1) is 78.1. The summed E-state index contributed by atoms with van der Waals surface area (Å²) in [5, 5.41) is 10.5. The maximum atomic E-state index is 12.9. The molecule has 0 radical (unpaired) electrons. The van der Waals surface area contributed by atoms with Crippen molar-refractivity contribution >= 4 is 39.5 Å².